The van der Waals surface area contributed by atoms with Gasteiger partial charge in [0, 0.05) is 26.2 Å². The number of amides is 1. The molecule has 1 amide bonds. The monoisotopic (exact) mass is 215 g/mol. The molecule has 1 fully saturated rings. The SMILES string of the molecule is COCCNC(=O)CN1CCC[C@@H](N)C1. The van der Waals surface area contributed by atoms with Gasteiger partial charge >= 0.3 is 0 Å². The molecule has 0 spiro atoms. The molecule has 1 atom stereocenters. The van der Waals surface area contributed by atoms with Gasteiger partial charge in [0.1, 0.15) is 0 Å². The van der Waals surface area contributed by atoms with Gasteiger partial charge < -0.3 is 15.8 Å². The normalized spacial score (nSPS) is 22.7. The highest BCUT2D eigenvalue weighted by molar-refractivity contribution is 5.77. The molecule has 0 aromatic heterocycles. The fourth-order valence-electron chi connectivity index (χ4n) is 1.79. The van der Waals surface area contributed by atoms with E-state index in [1.54, 1.807) is 7.11 Å². The van der Waals surface area contributed by atoms with Gasteiger partial charge in [0.15, 0.2) is 0 Å². The summed E-state index contributed by atoms with van der Waals surface area (Å²) in [7, 11) is 1.62. The summed E-state index contributed by atoms with van der Waals surface area (Å²) in [5, 5.41) is 2.80. The number of methoxy groups -OCH3 is 1. The van der Waals surface area contributed by atoms with Gasteiger partial charge in [0.05, 0.1) is 13.2 Å². The first kappa shape index (κ1) is 12.4. The summed E-state index contributed by atoms with van der Waals surface area (Å²) in [5.74, 6) is 0.0566. The number of hydrogen-bond donors (Lipinski definition) is 2. The molecule has 0 radical (unpaired) electrons. The van der Waals surface area contributed by atoms with Crippen molar-refractivity contribution < 1.29 is 9.53 Å². The van der Waals surface area contributed by atoms with Crippen LogP contribution in [-0.2, 0) is 9.53 Å². The highest BCUT2D eigenvalue weighted by Crippen LogP contribution is 2.06. The Morgan fingerprint density at radius 2 is 2.47 bits per heavy atom. The highest BCUT2D eigenvalue weighted by Gasteiger charge is 2.18. The molecule has 5 heteroatoms. The van der Waals surface area contributed by atoms with Gasteiger partial charge in [0.25, 0.3) is 0 Å². The lowest BCUT2D eigenvalue weighted by atomic mass is 10.1. The maximum absolute atomic E-state index is 11.4. The van der Waals surface area contributed by atoms with Crippen molar-refractivity contribution in [3.05, 3.63) is 0 Å². The number of nitrogens with zero attached hydrogens (tertiary/aromatic N) is 1. The predicted octanol–water partition coefficient (Wildman–Crippen LogP) is -0.828. The third-order valence-corrected chi connectivity index (χ3v) is 2.54. The van der Waals surface area contributed by atoms with Crippen LogP contribution in [0.5, 0.6) is 0 Å². The highest BCUT2D eigenvalue weighted by atomic mass is 16.5. The topological polar surface area (TPSA) is 67.6 Å². The van der Waals surface area contributed by atoms with Crippen molar-refractivity contribution in [2.45, 2.75) is 18.9 Å². The third kappa shape index (κ3) is 5.11. The molecule has 0 aromatic carbocycles. The lowest BCUT2D eigenvalue weighted by Crippen LogP contribution is -2.47. The lowest BCUT2D eigenvalue weighted by Gasteiger charge is -2.29. The standard InChI is InChI=1S/C10H21N3O2/c1-15-6-4-12-10(14)8-13-5-2-3-9(11)7-13/h9H,2-8,11H2,1H3,(H,12,14)/t9-/m1/s1. The Kier molecular flexibility index (Phi) is 5.60. The van der Waals surface area contributed by atoms with Gasteiger partial charge in [-0.25, -0.2) is 0 Å². The summed E-state index contributed by atoms with van der Waals surface area (Å²) in [4.78, 5) is 13.6. The van der Waals surface area contributed by atoms with Crippen molar-refractivity contribution in [3.8, 4) is 0 Å². The molecule has 1 rings (SSSR count). The van der Waals surface area contributed by atoms with Crippen LogP contribution in [0.25, 0.3) is 0 Å². The van der Waals surface area contributed by atoms with Crippen molar-refractivity contribution in [2.24, 2.45) is 5.73 Å². The van der Waals surface area contributed by atoms with Crippen LogP contribution in [0.15, 0.2) is 0 Å². The van der Waals surface area contributed by atoms with E-state index in [4.69, 9.17) is 10.5 Å². The van der Waals surface area contributed by atoms with Crippen molar-refractivity contribution in [2.75, 3.05) is 39.9 Å². The van der Waals surface area contributed by atoms with Gasteiger partial charge in [-0.2, -0.15) is 0 Å². The van der Waals surface area contributed by atoms with Gasteiger partial charge in [-0.3, -0.25) is 9.69 Å². The number of carbonyl (C=O) groups excluding carboxylic acids is 1. The van der Waals surface area contributed by atoms with E-state index >= 15 is 0 Å². The molecule has 1 saturated heterocycles. The van der Waals surface area contributed by atoms with E-state index in [1.165, 1.54) is 0 Å². The minimum Gasteiger partial charge on any atom is -0.383 e. The molecular weight excluding hydrogens is 194 g/mol. The number of likely N-dealkylation sites (tertiary alicyclic amines) is 1. The number of piperidine rings is 1. The minimum absolute atomic E-state index is 0.0566. The van der Waals surface area contributed by atoms with Gasteiger partial charge in [-0.05, 0) is 19.4 Å². The second kappa shape index (κ2) is 6.76. The van der Waals surface area contributed by atoms with E-state index in [0.717, 1.165) is 25.9 Å². The second-order valence-corrected chi connectivity index (χ2v) is 3.98. The fraction of sp³-hybridized carbons (Fsp3) is 0.900. The fourth-order valence-corrected chi connectivity index (χ4v) is 1.79. The third-order valence-electron chi connectivity index (χ3n) is 2.54. The Morgan fingerprint density at radius 1 is 1.67 bits per heavy atom. The molecule has 15 heavy (non-hydrogen) atoms. The zero-order valence-corrected chi connectivity index (χ0v) is 9.37. The number of ether oxygens (including phenoxy) is 1. The smallest absolute Gasteiger partial charge is 0.234 e. The summed E-state index contributed by atoms with van der Waals surface area (Å²) >= 11 is 0. The summed E-state index contributed by atoms with van der Waals surface area (Å²) in [6, 6.07) is 0.227. The van der Waals surface area contributed by atoms with E-state index in [0.29, 0.717) is 19.7 Å². The molecule has 1 aliphatic rings. The van der Waals surface area contributed by atoms with Crippen molar-refractivity contribution in [1.29, 1.82) is 0 Å². The zero-order chi connectivity index (χ0) is 11.1. The Hall–Kier alpha value is -0.650. The molecule has 0 aromatic rings. The summed E-state index contributed by atoms with van der Waals surface area (Å²) in [5.41, 5.74) is 5.83. The van der Waals surface area contributed by atoms with Crippen LogP contribution in [0.4, 0.5) is 0 Å². The number of nitrogens with one attached hydrogen (secondary N) is 1. The first-order valence-electron chi connectivity index (χ1n) is 5.46. The number of rotatable bonds is 5. The van der Waals surface area contributed by atoms with Gasteiger partial charge in [0.2, 0.25) is 5.91 Å². The second-order valence-electron chi connectivity index (χ2n) is 3.98. The first-order valence-corrected chi connectivity index (χ1v) is 5.46. The molecular formula is C10H21N3O2. The average Bonchev–Trinajstić information content (AvgIpc) is 2.18. The molecule has 0 aliphatic carbocycles. The van der Waals surface area contributed by atoms with Crippen molar-refractivity contribution in [3.63, 3.8) is 0 Å². The Morgan fingerprint density at radius 3 is 3.13 bits per heavy atom. The predicted molar refractivity (Wildman–Crippen MR) is 58.5 cm³/mol. The zero-order valence-electron chi connectivity index (χ0n) is 9.37. The van der Waals surface area contributed by atoms with Crippen LogP contribution >= 0.6 is 0 Å². The van der Waals surface area contributed by atoms with Crippen LogP contribution in [0.3, 0.4) is 0 Å². The van der Waals surface area contributed by atoms with Crippen LogP contribution in [0.1, 0.15) is 12.8 Å². The summed E-state index contributed by atoms with van der Waals surface area (Å²) < 4.78 is 4.85. The Balaban J connectivity index is 2.13. The van der Waals surface area contributed by atoms with Crippen molar-refractivity contribution in [1.82, 2.24) is 10.2 Å². The molecule has 0 saturated carbocycles. The quantitative estimate of drug-likeness (QED) is 0.588. The van der Waals surface area contributed by atoms with Crippen molar-refractivity contribution >= 4 is 5.91 Å². The first-order chi connectivity index (χ1) is 7.22. The van der Waals surface area contributed by atoms with E-state index < -0.39 is 0 Å². The van der Waals surface area contributed by atoms with Crippen LogP contribution < -0.4 is 11.1 Å². The Labute approximate surface area is 90.9 Å². The molecule has 88 valence electrons. The van der Waals surface area contributed by atoms with Crippen LogP contribution in [-0.4, -0.2) is 56.7 Å². The number of hydrogen-bond acceptors (Lipinski definition) is 4. The summed E-state index contributed by atoms with van der Waals surface area (Å²) in [6.07, 6.45) is 2.16. The largest absolute Gasteiger partial charge is 0.383 e. The molecule has 0 bridgehead atoms. The van der Waals surface area contributed by atoms with Gasteiger partial charge in [-0.15, -0.1) is 0 Å². The van der Waals surface area contributed by atoms with Crippen LogP contribution in [0, 0.1) is 0 Å². The van der Waals surface area contributed by atoms with Gasteiger partial charge in [-0.1, -0.05) is 0 Å². The molecule has 1 heterocycles. The minimum atomic E-state index is 0.0566. The van der Waals surface area contributed by atoms with Crippen LogP contribution in [0.2, 0.25) is 0 Å². The average molecular weight is 215 g/mol. The lowest BCUT2D eigenvalue weighted by molar-refractivity contribution is -0.122. The maximum Gasteiger partial charge on any atom is 0.234 e. The van der Waals surface area contributed by atoms with E-state index in [9.17, 15) is 4.79 Å². The summed E-state index contributed by atoms with van der Waals surface area (Å²) in [6.45, 7) is 3.40. The molecule has 1 aliphatic heterocycles. The number of carbonyl (C=O) groups is 1. The van der Waals surface area contributed by atoms with E-state index in [1.807, 2.05) is 0 Å². The molecule has 3 N–H and O–H groups in total. The number of nitrogens with two attached hydrogens (primary N) is 1. The van der Waals surface area contributed by atoms with E-state index in [-0.39, 0.29) is 11.9 Å². The van der Waals surface area contributed by atoms with E-state index in [2.05, 4.69) is 10.2 Å². The Bertz CT molecular complexity index is 199. The molecule has 0 unspecified atom stereocenters. The maximum atomic E-state index is 11.4. The molecule has 5 nitrogen and oxygen atoms in total.